The number of aryl methyl sites for hydroxylation is 2. The summed E-state index contributed by atoms with van der Waals surface area (Å²) in [6, 6.07) is 5.04. The van der Waals surface area contributed by atoms with Crippen LogP contribution in [-0.4, -0.2) is 25.9 Å². The summed E-state index contributed by atoms with van der Waals surface area (Å²) in [6.07, 6.45) is 4.00. The second kappa shape index (κ2) is 7.23. The van der Waals surface area contributed by atoms with Crippen LogP contribution < -0.4 is 10.0 Å². The van der Waals surface area contributed by atoms with Gasteiger partial charge in [0.1, 0.15) is 0 Å². The van der Waals surface area contributed by atoms with Crippen molar-refractivity contribution < 1.29 is 13.2 Å². The lowest BCUT2D eigenvalue weighted by Crippen LogP contribution is -2.27. The maximum Gasteiger partial charge on any atom is 0.240 e. The smallest absolute Gasteiger partial charge is 0.240 e. The number of rotatable bonds is 6. The van der Waals surface area contributed by atoms with Gasteiger partial charge in [-0.15, -0.1) is 11.3 Å². The molecule has 1 heterocycles. The third kappa shape index (κ3) is 4.26. The Balaban J connectivity index is 1.71. The minimum Gasteiger partial charge on any atom is -0.350 e. The van der Waals surface area contributed by atoms with Crippen LogP contribution in [0.5, 0.6) is 0 Å². The number of amides is 1. The van der Waals surface area contributed by atoms with Gasteiger partial charge in [-0.05, 0) is 43.0 Å². The third-order valence-corrected chi connectivity index (χ3v) is 6.61. The number of hydrogen-bond acceptors (Lipinski definition) is 5. The van der Waals surface area contributed by atoms with Crippen molar-refractivity contribution in [1.29, 1.82) is 0 Å². The number of hydrogen-bond donors (Lipinski definition) is 2. The highest BCUT2D eigenvalue weighted by Gasteiger charge is 2.25. The molecule has 3 rings (SSSR count). The molecule has 1 amide bonds. The van der Waals surface area contributed by atoms with Gasteiger partial charge < -0.3 is 5.32 Å². The van der Waals surface area contributed by atoms with E-state index in [1.165, 1.54) is 6.92 Å². The summed E-state index contributed by atoms with van der Waals surface area (Å²) in [5.74, 6) is -0.108. The lowest BCUT2D eigenvalue weighted by atomic mass is 10.1. The lowest BCUT2D eigenvalue weighted by Gasteiger charge is -2.14. The van der Waals surface area contributed by atoms with Gasteiger partial charge in [-0.1, -0.05) is 6.07 Å². The van der Waals surface area contributed by atoms with Gasteiger partial charge in [-0.25, -0.2) is 18.1 Å². The normalized spacial score (nSPS) is 16.6. The highest BCUT2D eigenvalue weighted by molar-refractivity contribution is 7.89. The van der Waals surface area contributed by atoms with Gasteiger partial charge >= 0.3 is 0 Å². The number of nitrogens with zero attached hydrogens (tertiary/aromatic N) is 1. The number of sulfonamides is 1. The fraction of sp³-hybridized carbons (Fsp3) is 0.412. The summed E-state index contributed by atoms with van der Waals surface area (Å²) in [6.45, 7) is 3.75. The summed E-state index contributed by atoms with van der Waals surface area (Å²) in [4.78, 5) is 16.9. The van der Waals surface area contributed by atoms with E-state index in [0.717, 1.165) is 33.9 Å². The third-order valence-electron chi connectivity index (χ3n) is 4.18. The molecule has 0 fully saturated rings. The van der Waals surface area contributed by atoms with E-state index in [1.54, 1.807) is 29.7 Å². The lowest BCUT2D eigenvalue weighted by molar-refractivity contribution is -0.119. The molecule has 1 aliphatic rings. The number of fused-ring (bicyclic) bond motifs is 1. The number of carbonyl (C=O) groups is 1. The molecule has 1 aromatic carbocycles. The van der Waals surface area contributed by atoms with E-state index in [1.807, 2.05) is 13.0 Å². The van der Waals surface area contributed by atoms with Crippen molar-refractivity contribution in [2.24, 2.45) is 0 Å². The van der Waals surface area contributed by atoms with E-state index in [4.69, 9.17) is 0 Å². The van der Waals surface area contributed by atoms with E-state index < -0.39 is 10.0 Å². The van der Waals surface area contributed by atoms with Crippen molar-refractivity contribution in [3.8, 4) is 0 Å². The zero-order valence-electron chi connectivity index (χ0n) is 14.2. The number of aromatic nitrogens is 1. The Labute approximate surface area is 151 Å². The fourth-order valence-corrected chi connectivity index (χ4v) is 4.89. The molecule has 2 aromatic rings. The number of benzene rings is 1. The fourth-order valence-electron chi connectivity index (χ4n) is 3.04. The molecule has 8 heteroatoms. The predicted molar refractivity (Wildman–Crippen MR) is 97.1 cm³/mol. The average molecular weight is 380 g/mol. The zero-order chi connectivity index (χ0) is 18.0. The molecule has 1 atom stereocenters. The molecule has 0 aliphatic heterocycles. The number of thiazole rings is 1. The van der Waals surface area contributed by atoms with Gasteiger partial charge in [0.25, 0.3) is 0 Å². The van der Waals surface area contributed by atoms with Crippen LogP contribution in [0.25, 0.3) is 0 Å². The van der Waals surface area contributed by atoms with E-state index in [2.05, 4.69) is 15.0 Å². The van der Waals surface area contributed by atoms with Crippen LogP contribution >= 0.6 is 11.3 Å². The van der Waals surface area contributed by atoms with Crippen LogP contribution in [0.3, 0.4) is 0 Å². The molecule has 0 bridgehead atoms. The van der Waals surface area contributed by atoms with Gasteiger partial charge in [-0.3, -0.25) is 4.79 Å². The van der Waals surface area contributed by atoms with E-state index >= 15 is 0 Å². The van der Waals surface area contributed by atoms with E-state index in [9.17, 15) is 13.2 Å². The Bertz CT molecular complexity index is 890. The average Bonchev–Trinajstić information content (AvgIpc) is 3.13. The van der Waals surface area contributed by atoms with E-state index in [-0.39, 0.29) is 16.8 Å². The van der Waals surface area contributed by atoms with Crippen LogP contribution in [0.2, 0.25) is 0 Å². The highest BCUT2D eigenvalue weighted by Crippen LogP contribution is 2.32. The Kier molecular flexibility index (Phi) is 5.21. The maximum atomic E-state index is 12.5. The monoisotopic (exact) mass is 379 g/mol. The standard InChI is InChI=1S/C17H21N3O3S2/c1-11-10-18-17(24-11)7-8-19-25(22,23)14-5-3-13-4-6-16(15(13)9-14)20-12(2)21/h3,5,9-10,16,19H,4,6-8H2,1-2H3,(H,20,21). The minimum absolute atomic E-state index is 0.108. The van der Waals surface area contributed by atoms with Crippen LogP contribution in [0, 0.1) is 6.92 Å². The molecule has 6 nitrogen and oxygen atoms in total. The van der Waals surface area contributed by atoms with Gasteiger partial charge in [-0.2, -0.15) is 0 Å². The van der Waals surface area contributed by atoms with Crippen molar-refractivity contribution >= 4 is 27.3 Å². The molecule has 0 saturated heterocycles. The molecule has 1 aliphatic carbocycles. The molecular weight excluding hydrogens is 358 g/mol. The molecule has 25 heavy (non-hydrogen) atoms. The quantitative estimate of drug-likeness (QED) is 0.804. The first-order valence-corrected chi connectivity index (χ1v) is 10.5. The topological polar surface area (TPSA) is 88.2 Å². The largest absolute Gasteiger partial charge is 0.350 e. The van der Waals surface area contributed by atoms with Crippen molar-refractivity contribution in [3.05, 3.63) is 45.4 Å². The Morgan fingerprint density at radius 2 is 2.20 bits per heavy atom. The Hall–Kier alpha value is -1.77. The second-order valence-electron chi connectivity index (χ2n) is 6.16. The van der Waals surface area contributed by atoms with Crippen molar-refractivity contribution in [1.82, 2.24) is 15.0 Å². The SMILES string of the molecule is CC(=O)NC1CCc2ccc(S(=O)(=O)NCCc3ncc(C)s3)cc21. The van der Waals surface area contributed by atoms with Gasteiger partial charge in [0, 0.05) is 31.0 Å². The molecule has 1 unspecified atom stereocenters. The van der Waals surface area contributed by atoms with E-state index in [0.29, 0.717) is 13.0 Å². The second-order valence-corrected chi connectivity index (χ2v) is 9.25. The number of carbonyl (C=O) groups excluding carboxylic acids is 1. The highest BCUT2D eigenvalue weighted by atomic mass is 32.2. The van der Waals surface area contributed by atoms with Crippen LogP contribution in [0.1, 0.15) is 40.4 Å². The summed E-state index contributed by atoms with van der Waals surface area (Å²) < 4.78 is 27.7. The molecule has 2 N–H and O–H groups in total. The number of nitrogens with one attached hydrogen (secondary N) is 2. The van der Waals surface area contributed by atoms with Crippen molar-refractivity contribution in [2.45, 2.75) is 44.0 Å². The Morgan fingerprint density at radius 1 is 1.40 bits per heavy atom. The first kappa shape index (κ1) is 18.0. The van der Waals surface area contributed by atoms with Crippen molar-refractivity contribution in [2.75, 3.05) is 6.54 Å². The van der Waals surface area contributed by atoms with Crippen LogP contribution in [0.4, 0.5) is 0 Å². The predicted octanol–water partition coefficient (Wildman–Crippen LogP) is 2.10. The maximum absolute atomic E-state index is 12.5. The van der Waals surface area contributed by atoms with Crippen molar-refractivity contribution in [3.63, 3.8) is 0 Å². The van der Waals surface area contributed by atoms with Crippen LogP contribution in [-0.2, 0) is 27.7 Å². The first-order chi connectivity index (χ1) is 11.8. The summed E-state index contributed by atoms with van der Waals surface area (Å²) >= 11 is 1.57. The zero-order valence-corrected chi connectivity index (χ0v) is 15.8. The summed E-state index contributed by atoms with van der Waals surface area (Å²) in [5, 5.41) is 3.80. The minimum atomic E-state index is -3.58. The van der Waals surface area contributed by atoms with Gasteiger partial charge in [0.05, 0.1) is 15.9 Å². The molecule has 1 aromatic heterocycles. The Morgan fingerprint density at radius 3 is 2.88 bits per heavy atom. The molecular formula is C17H21N3O3S2. The van der Waals surface area contributed by atoms with Crippen LogP contribution in [0.15, 0.2) is 29.3 Å². The van der Waals surface area contributed by atoms with Gasteiger partial charge in [0.15, 0.2) is 0 Å². The molecule has 134 valence electrons. The molecule has 0 radical (unpaired) electrons. The molecule has 0 spiro atoms. The van der Waals surface area contributed by atoms with Gasteiger partial charge in [0.2, 0.25) is 15.9 Å². The molecule has 0 saturated carbocycles. The summed E-state index contributed by atoms with van der Waals surface area (Å²) in [7, 11) is -3.58. The first-order valence-electron chi connectivity index (χ1n) is 8.16. The summed E-state index contributed by atoms with van der Waals surface area (Å²) in [5.41, 5.74) is 1.99.